The van der Waals surface area contributed by atoms with Crippen LogP contribution in [0, 0.1) is 15.9 Å². The number of hydrogen-bond acceptors (Lipinski definition) is 2. The van der Waals surface area contributed by atoms with E-state index in [1.807, 2.05) is 0 Å². The number of rotatable bonds is 3. The normalized spacial score (nSPS) is 32.3. The number of hydrogen-bond donors (Lipinski definition) is 0. The molecule has 0 saturated carbocycles. The number of nitro benzene ring substituents is 1. The van der Waals surface area contributed by atoms with E-state index in [1.165, 1.54) is 50.3 Å². The Balaban J connectivity index is 1.95. The Bertz CT molecular complexity index is 531. The molecule has 2 aliphatic rings. The maximum absolute atomic E-state index is 13.5. The fourth-order valence-corrected chi connectivity index (χ4v) is 4.22. The molecule has 2 fully saturated rings. The molecule has 0 aromatic heterocycles. The average molecular weight is 279 g/mol. The minimum absolute atomic E-state index is 0.0516. The van der Waals surface area contributed by atoms with Crippen LogP contribution in [0.5, 0.6) is 0 Å². The van der Waals surface area contributed by atoms with Crippen molar-refractivity contribution in [3.63, 3.8) is 0 Å². The maximum Gasteiger partial charge on any atom is 0.278 e. The number of halogens is 1. The topological polar surface area (TPSA) is 43.1 Å². The first-order valence-electron chi connectivity index (χ1n) is 7.28. The molecule has 2 heterocycles. The van der Waals surface area contributed by atoms with Gasteiger partial charge in [-0.1, -0.05) is 0 Å². The first-order chi connectivity index (χ1) is 9.50. The molecule has 108 valence electrons. The monoisotopic (exact) mass is 279 g/mol. The highest BCUT2D eigenvalue weighted by Gasteiger charge is 2.49. The first kappa shape index (κ1) is 13.5. The minimum atomic E-state index is -0.396. The Hall–Kier alpha value is -1.49. The summed E-state index contributed by atoms with van der Waals surface area (Å²) in [6.07, 6.45) is 6.04. The highest BCUT2D eigenvalue weighted by Crippen LogP contribution is 2.43. The maximum atomic E-state index is 13.5. The molecule has 20 heavy (non-hydrogen) atoms. The lowest BCUT2D eigenvalue weighted by Crippen LogP contribution is -2.55. The van der Waals surface area contributed by atoms with Gasteiger partial charge >= 0.3 is 0 Å². The Morgan fingerprint density at radius 2 is 1.95 bits per heavy atom. The minimum Gasteiger partial charge on any atom is -0.317 e. The summed E-state index contributed by atoms with van der Waals surface area (Å²) in [5.74, 6) is -0.387. The predicted octanol–water partition coefficient (Wildman–Crippen LogP) is 3.40. The fourth-order valence-electron chi connectivity index (χ4n) is 4.22. The van der Waals surface area contributed by atoms with Gasteiger partial charge in [0.2, 0.25) is 0 Å². The van der Waals surface area contributed by atoms with Crippen LogP contribution in [-0.4, -0.2) is 28.5 Å². The van der Waals surface area contributed by atoms with E-state index in [-0.39, 0.29) is 11.5 Å². The third-order valence-electron chi connectivity index (χ3n) is 5.33. The number of benzene rings is 1. The second-order valence-electron chi connectivity index (χ2n) is 6.35. The summed E-state index contributed by atoms with van der Waals surface area (Å²) in [5, 5.41) is 11.1. The van der Waals surface area contributed by atoms with Crippen molar-refractivity contribution >= 4 is 5.69 Å². The number of nitro groups is 1. The van der Waals surface area contributed by atoms with Gasteiger partial charge in [0.15, 0.2) is 0 Å². The zero-order valence-electron chi connectivity index (χ0n) is 11.7. The van der Waals surface area contributed by atoms with Gasteiger partial charge < -0.3 is 4.48 Å². The van der Waals surface area contributed by atoms with Gasteiger partial charge in [-0.25, -0.2) is 4.39 Å². The highest BCUT2D eigenvalue weighted by molar-refractivity contribution is 5.39. The fraction of sp³-hybridized carbons (Fsp3) is 0.600. The van der Waals surface area contributed by atoms with Crippen molar-refractivity contribution in [1.82, 2.24) is 0 Å². The van der Waals surface area contributed by atoms with Crippen LogP contribution in [0.1, 0.15) is 37.7 Å². The van der Waals surface area contributed by atoms with Gasteiger partial charge in [0.25, 0.3) is 5.69 Å². The van der Waals surface area contributed by atoms with E-state index in [1.54, 1.807) is 0 Å². The Kier molecular flexibility index (Phi) is 3.24. The van der Waals surface area contributed by atoms with E-state index in [0.717, 1.165) is 4.48 Å². The lowest BCUT2D eigenvalue weighted by Gasteiger charge is -2.44. The molecule has 0 aliphatic carbocycles. The van der Waals surface area contributed by atoms with Gasteiger partial charge in [-0.15, -0.1) is 0 Å². The molecule has 2 bridgehead atoms. The molecule has 2 aliphatic heterocycles. The van der Waals surface area contributed by atoms with Gasteiger partial charge in [-0.2, -0.15) is 0 Å². The van der Waals surface area contributed by atoms with Crippen LogP contribution in [0.15, 0.2) is 18.2 Å². The first-order valence-corrected chi connectivity index (χ1v) is 7.28. The molecule has 4 nitrogen and oxygen atoms in total. The Labute approximate surface area is 117 Å². The molecule has 0 radical (unpaired) electrons. The van der Waals surface area contributed by atoms with E-state index < -0.39 is 4.92 Å². The van der Waals surface area contributed by atoms with E-state index >= 15 is 0 Å². The van der Waals surface area contributed by atoms with Crippen molar-refractivity contribution in [3.05, 3.63) is 39.7 Å². The lowest BCUT2D eigenvalue weighted by atomic mass is 9.98. The van der Waals surface area contributed by atoms with Gasteiger partial charge in [0.05, 0.1) is 29.6 Å². The summed E-state index contributed by atoms with van der Waals surface area (Å²) in [5.41, 5.74) is 0.590. The standard InChI is InChI=1S/C15H20FN2O2/c1-18(13-3-2-4-14(18)7-6-13)10-11-9-12(16)5-8-15(11)17(19)20/h5,8-9,13-14H,2-4,6-7,10H2,1H3/q+1. The van der Waals surface area contributed by atoms with E-state index in [4.69, 9.17) is 0 Å². The molecule has 1 aromatic rings. The summed E-state index contributed by atoms with van der Waals surface area (Å²) in [7, 11) is 2.19. The summed E-state index contributed by atoms with van der Waals surface area (Å²) in [6, 6.07) is 4.97. The zero-order valence-corrected chi connectivity index (χ0v) is 11.7. The third-order valence-corrected chi connectivity index (χ3v) is 5.33. The number of piperidine rings is 1. The van der Waals surface area contributed by atoms with Crippen LogP contribution in [0.3, 0.4) is 0 Å². The van der Waals surface area contributed by atoms with Crippen LogP contribution in [-0.2, 0) is 6.54 Å². The predicted molar refractivity (Wildman–Crippen MR) is 73.6 cm³/mol. The summed E-state index contributed by atoms with van der Waals surface area (Å²) in [4.78, 5) is 10.7. The van der Waals surface area contributed by atoms with Crippen molar-refractivity contribution in [1.29, 1.82) is 0 Å². The van der Waals surface area contributed by atoms with E-state index in [9.17, 15) is 14.5 Å². The second kappa shape index (κ2) is 4.81. The molecule has 0 N–H and O–H groups in total. The lowest BCUT2D eigenvalue weighted by molar-refractivity contribution is -0.960. The largest absolute Gasteiger partial charge is 0.317 e. The summed E-state index contributed by atoms with van der Waals surface area (Å²) < 4.78 is 14.3. The SMILES string of the molecule is C[N+]1(Cc2cc(F)ccc2[N+](=O)[O-])C2CCCC1CC2. The van der Waals surface area contributed by atoms with Crippen LogP contribution in [0.2, 0.25) is 0 Å². The van der Waals surface area contributed by atoms with Gasteiger partial charge in [0.1, 0.15) is 12.4 Å². The molecule has 2 unspecified atom stereocenters. The van der Waals surface area contributed by atoms with Gasteiger partial charge in [-0.05, 0) is 31.4 Å². The van der Waals surface area contributed by atoms with Crippen molar-refractivity contribution in [2.45, 2.75) is 50.7 Å². The van der Waals surface area contributed by atoms with Crippen LogP contribution < -0.4 is 0 Å². The van der Waals surface area contributed by atoms with Crippen molar-refractivity contribution in [2.75, 3.05) is 7.05 Å². The smallest absolute Gasteiger partial charge is 0.278 e. The summed E-state index contributed by atoms with van der Waals surface area (Å²) >= 11 is 0. The highest BCUT2D eigenvalue weighted by atomic mass is 19.1. The number of fused-ring (bicyclic) bond motifs is 2. The van der Waals surface area contributed by atoms with Gasteiger partial charge in [0, 0.05) is 18.9 Å². The molecular weight excluding hydrogens is 259 g/mol. The number of nitrogens with zero attached hydrogens (tertiary/aromatic N) is 2. The van der Waals surface area contributed by atoms with E-state index in [2.05, 4.69) is 7.05 Å². The van der Waals surface area contributed by atoms with Crippen LogP contribution in [0.25, 0.3) is 0 Å². The molecule has 2 saturated heterocycles. The number of quaternary nitrogens is 1. The molecule has 2 atom stereocenters. The zero-order chi connectivity index (χ0) is 14.3. The second-order valence-corrected chi connectivity index (χ2v) is 6.35. The van der Waals surface area contributed by atoms with Crippen molar-refractivity contribution in [2.24, 2.45) is 0 Å². The molecule has 0 spiro atoms. The average Bonchev–Trinajstić information content (AvgIpc) is 2.58. The quantitative estimate of drug-likeness (QED) is 0.483. The summed E-state index contributed by atoms with van der Waals surface area (Å²) in [6.45, 7) is 0.573. The van der Waals surface area contributed by atoms with Crippen molar-refractivity contribution in [3.8, 4) is 0 Å². The van der Waals surface area contributed by atoms with Crippen LogP contribution in [0.4, 0.5) is 10.1 Å². The van der Waals surface area contributed by atoms with Gasteiger partial charge in [-0.3, -0.25) is 10.1 Å². The van der Waals surface area contributed by atoms with Crippen LogP contribution >= 0.6 is 0 Å². The molecule has 1 aromatic carbocycles. The Morgan fingerprint density at radius 3 is 2.55 bits per heavy atom. The molecule has 5 heteroatoms. The molecule has 0 amide bonds. The van der Waals surface area contributed by atoms with Crippen molar-refractivity contribution < 1.29 is 13.8 Å². The third kappa shape index (κ3) is 2.10. The molecule has 3 rings (SSSR count). The molecular formula is C15H20FN2O2+. The Morgan fingerprint density at radius 1 is 1.30 bits per heavy atom. The van der Waals surface area contributed by atoms with E-state index in [0.29, 0.717) is 24.2 Å².